The van der Waals surface area contributed by atoms with Gasteiger partial charge in [0, 0.05) is 145 Å². The number of para-hydroxylation sites is 7. The summed E-state index contributed by atoms with van der Waals surface area (Å²) in [4.78, 5) is 80.8. The maximum atomic E-state index is 12.4. The van der Waals surface area contributed by atoms with Crippen molar-refractivity contribution in [1.29, 1.82) is 15.8 Å². The Balaban J connectivity index is 0.000000245. The summed E-state index contributed by atoms with van der Waals surface area (Å²) in [5.74, 6) is -2.09. The summed E-state index contributed by atoms with van der Waals surface area (Å²) >= 11 is 2.88. The molecule has 139 heavy (non-hydrogen) atoms. The summed E-state index contributed by atoms with van der Waals surface area (Å²) in [6, 6.07) is 61.9. The predicted molar refractivity (Wildman–Crippen MR) is 564 cm³/mol. The van der Waals surface area contributed by atoms with E-state index in [1.807, 2.05) is 249 Å². The van der Waals surface area contributed by atoms with E-state index in [0.29, 0.717) is 39.2 Å². The normalized spacial score (nSPS) is 13.1. The zero-order valence-corrected chi connectivity index (χ0v) is 87.8. The molecule has 0 saturated carbocycles. The van der Waals surface area contributed by atoms with Gasteiger partial charge in [-0.1, -0.05) is 199 Å². The Morgan fingerprint density at radius 1 is 0.396 bits per heavy atom. The lowest BCUT2D eigenvalue weighted by Gasteiger charge is -2.22. The fourth-order valence-corrected chi connectivity index (χ4v) is 14.9. The van der Waals surface area contributed by atoms with Crippen LogP contribution in [0.5, 0.6) is 0 Å². The van der Waals surface area contributed by atoms with E-state index in [-0.39, 0.29) is 83.1 Å². The summed E-state index contributed by atoms with van der Waals surface area (Å²) in [6.07, 6.45) is 12.0. The van der Waals surface area contributed by atoms with Gasteiger partial charge in [-0.2, -0.15) is 15.8 Å². The first-order chi connectivity index (χ1) is 64.0. The number of hydrogen-bond acceptors (Lipinski definition) is 20. The van der Waals surface area contributed by atoms with E-state index in [2.05, 4.69) is 153 Å². The number of nitrogens with one attached hydrogen (secondary N) is 3. The highest BCUT2D eigenvalue weighted by Crippen LogP contribution is 2.38. The van der Waals surface area contributed by atoms with E-state index < -0.39 is 57.5 Å². The third kappa shape index (κ3) is 31.1. The molecule has 1 unspecified atom stereocenters. The second kappa shape index (κ2) is 48.5. The number of H-pyrrole nitrogens is 3. The minimum atomic E-state index is -0.847. The third-order valence-corrected chi connectivity index (χ3v) is 22.9. The van der Waals surface area contributed by atoms with Crippen molar-refractivity contribution >= 4 is 153 Å². The van der Waals surface area contributed by atoms with Gasteiger partial charge in [0.15, 0.2) is 5.79 Å². The predicted octanol–water partition coefficient (Wildman–Crippen LogP) is 23.6. The molecule has 27 nitrogen and oxygen atoms in total. The summed E-state index contributed by atoms with van der Waals surface area (Å²) in [6.45, 7) is 49.1. The molecule has 1 aliphatic heterocycles. The number of carbonyl (C=O) groups is 6. The molecule has 30 heteroatoms. The maximum absolute atomic E-state index is 12.4. The molecule has 1 atom stereocenters. The molecule has 15 rings (SSSR count). The topological polar surface area (TPSA) is 410 Å². The van der Waals surface area contributed by atoms with Crippen molar-refractivity contribution in [2.24, 2.45) is 22.9 Å². The Labute approximate surface area is 837 Å². The van der Waals surface area contributed by atoms with E-state index in [9.17, 15) is 34.0 Å². The van der Waals surface area contributed by atoms with Crippen LogP contribution < -0.4 is 22.9 Å². The second-order valence-corrected chi connectivity index (χ2v) is 41.5. The van der Waals surface area contributed by atoms with Gasteiger partial charge in [-0.15, -0.1) is 24.8 Å². The van der Waals surface area contributed by atoms with Gasteiger partial charge in [0.2, 0.25) is 5.78 Å². The van der Waals surface area contributed by atoms with Crippen molar-refractivity contribution in [3.8, 4) is 18.2 Å². The quantitative estimate of drug-likeness (QED) is 0.0217. The number of ether oxygens (including phenoxy) is 7. The number of fused-ring (bicyclic) bond motifs is 7. The molecule has 8 heterocycles. The lowest BCUT2D eigenvalue weighted by molar-refractivity contribution is -0.161. The number of rotatable bonds is 15. The van der Waals surface area contributed by atoms with Gasteiger partial charge in [0.1, 0.15) is 35.1 Å². The number of hydrogen-bond donors (Lipinski definition) is 7. The first kappa shape index (κ1) is 115. The number of benzene rings is 7. The largest absolute Gasteiger partial charge is 0.457 e. The summed E-state index contributed by atoms with van der Waals surface area (Å²) in [7, 11) is 0. The number of alkyl halides is 1. The number of nitrogens with two attached hydrogens (primary N) is 4. The van der Waals surface area contributed by atoms with Crippen molar-refractivity contribution in [3.05, 3.63) is 252 Å². The molecule has 0 spiro atoms. The van der Waals surface area contributed by atoms with Crippen LogP contribution in [0.3, 0.4) is 0 Å². The van der Waals surface area contributed by atoms with E-state index in [1.165, 1.54) is 42.1 Å². The Kier molecular flexibility index (Phi) is 40.2. The SMILES string of the molecule is CC(C)(C)OC(=O)n1cc(C(C)(C)C#N)c2ccccc21.CC(C)(C)OC(=O)n1cc(C(C)(C)CN)c2ccccc21.CC(C)(C)OC(=O)n1cc(C(C)(C)CN)c2ccccc21.CC(C)(C)OC(=O)n1cc(CC#N)c2ccccc21.CC(C)(CN)c1c[nH]c2ccccc12.CC(C)(CN)c1c[nH]c2ccccc12.CC1(C)OCC(COC(=O)C(=O)CBr)O1.Cl.Cl.N#CCc1c[nH]c2ccccc12. The molecule has 7 aromatic carbocycles. The minimum absolute atomic E-state index is 0. The Hall–Kier alpha value is -12.4. The molecule has 0 amide bonds. The number of nitrogens with zero attached hydrogens (tertiary/aromatic N) is 7. The Morgan fingerprint density at radius 3 is 1.01 bits per heavy atom. The molecule has 7 aromatic heterocycles. The van der Waals surface area contributed by atoms with Crippen molar-refractivity contribution in [1.82, 2.24) is 33.2 Å². The Bertz CT molecular complexity index is 6460. The molecule has 11 N–H and O–H groups in total. The smallest absolute Gasteiger partial charge is 0.419 e. The van der Waals surface area contributed by atoms with Crippen molar-refractivity contribution in [3.63, 3.8) is 0 Å². The lowest BCUT2D eigenvalue weighted by atomic mass is 9.85. The van der Waals surface area contributed by atoms with Crippen LogP contribution in [0.15, 0.2) is 213 Å². The molecular formula is C109H139BrCl2N14O13. The van der Waals surface area contributed by atoms with E-state index in [1.54, 1.807) is 35.4 Å². The molecule has 0 radical (unpaired) electrons. The maximum Gasteiger partial charge on any atom is 0.419 e. The van der Waals surface area contributed by atoms with E-state index >= 15 is 0 Å². The van der Waals surface area contributed by atoms with Gasteiger partial charge in [-0.05, 0) is 192 Å². The van der Waals surface area contributed by atoms with Gasteiger partial charge < -0.3 is 71.0 Å². The fourth-order valence-electron chi connectivity index (χ4n) is 14.7. The average molecular weight is 2000 g/mol. The first-order valence-corrected chi connectivity index (χ1v) is 46.7. The number of aromatic nitrogens is 7. The molecule has 1 saturated heterocycles. The van der Waals surface area contributed by atoms with Gasteiger partial charge in [-0.25, -0.2) is 24.0 Å². The van der Waals surface area contributed by atoms with Crippen LogP contribution in [0.4, 0.5) is 19.2 Å². The van der Waals surface area contributed by atoms with Crippen LogP contribution in [0, 0.1) is 34.0 Å². The zero-order chi connectivity index (χ0) is 102. The monoisotopic (exact) mass is 2000 g/mol. The van der Waals surface area contributed by atoms with Crippen LogP contribution in [0.2, 0.25) is 0 Å². The fraction of sp³-hybridized carbons (Fsp3) is 0.404. The lowest BCUT2D eigenvalue weighted by Crippen LogP contribution is -2.28. The summed E-state index contributed by atoms with van der Waals surface area (Å²) < 4.78 is 43.3. The molecule has 1 aliphatic rings. The first-order valence-electron chi connectivity index (χ1n) is 45.6. The molecular weight excluding hydrogens is 1860 g/mol. The van der Waals surface area contributed by atoms with Crippen LogP contribution in [-0.4, -0.2) is 148 Å². The van der Waals surface area contributed by atoms with E-state index in [4.69, 9.17) is 66.6 Å². The summed E-state index contributed by atoms with van der Waals surface area (Å²) in [5, 5.41) is 34.3. The molecule has 0 bridgehead atoms. The van der Waals surface area contributed by atoms with Crippen LogP contribution >= 0.6 is 40.7 Å². The van der Waals surface area contributed by atoms with Gasteiger partial charge >= 0.3 is 30.3 Å². The van der Waals surface area contributed by atoms with Crippen LogP contribution in [0.1, 0.15) is 205 Å². The molecule has 744 valence electrons. The van der Waals surface area contributed by atoms with Gasteiger partial charge in [-0.3, -0.25) is 23.1 Å². The second-order valence-electron chi connectivity index (χ2n) is 41.0. The number of carbonyl (C=O) groups excluding carboxylic acids is 6. The van der Waals surface area contributed by atoms with E-state index in [0.717, 1.165) is 82.3 Å². The summed E-state index contributed by atoms with van der Waals surface area (Å²) in [5.41, 5.74) is 34.3. The highest BCUT2D eigenvalue weighted by Gasteiger charge is 2.36. The van der Waals surface area contributed by atoms with Gasteiger partial charge in [0.05, 0.1) is 70.5 Å². The highest BCUT2D eigenvalue weighted by molar-refractivity contribution is 9.09. The third-order valence-electron chi connectivity index (χ3n) is 22.4. The van der Waals surface area contributed by atoms with Crippen LogP contribution in [-0.2, 0) is 82.7 Å². The number of halogens is 3. The molecule has 14 aromatic rings. The number of esters is 1. The highest BCUT2D eigenvalue weighted by atomic mass is 79.9. The molecule has 0 aliphatic carbocycles. The zero-order valence-electron chi connectivity index (χ0n) is 84.6. The molecule has 1 fully saturated rings. The minimum Gasteiger partial charge on any atom is -0.457 e. The number of nitriles is 3. The number of aromatic amines is 3. The standard InChI is InChI=1S/2C17H24N2O2.C17H20N2O2.C15H16N2O2.2C12H16N2.C10H8N2.C9H13BrO5.2ClH/c3*1-16(2,3)21-15(20)19-10-13(17(4,5)11-18)12-8-6-7-9-14(12)19;1-15(2,3)19-14(18)17-10-11(8-9-16)12-6-4-5-7-13(12)17;2*1-12(2,8-13)10-7-14-11-6-4-3-5-9(10)11;11-6-5-8-7-12-10-4-2-1-3-9(8)10;1-9(2)14-5-6(15-9)4-13-8(12)7(11)3-10;;/h2*6-10H,11,18H2,1-5H3;6-10H,1-5H3;4-7,10H,8H2,1-3H3;2*3-7,14H,8,13H2,1-2H3;1-4,7,12H,5H2;6H,3-5H2,1-2H3;2*1H. The average Bonchev–Trinajstić information content (AvgIpc) is 1.62. The van der Waals surface area contributed by atoms with Crippen LogP contribution in [0.25, 0.3) is 76.3 Å². The number of ketones is 1. The van der Waals surface area contributed by atoms with Crippen molar-refractivity contribution in [2.45, 2.75) is 240 Å². The van der Waals surface area contributed by atoms with Crippen molar-refractivity contribution in [2.75, 3.05) is 44.7 Å². The Morgan fingerprint density at radius 2 is 0.683 bits per heavy atom. The van der Waals surface area contributed by atoms with Gasteiger partial charge in [0.25, 0.3) is 0 Å². The van der Waals surface area contributed by atoms with Crippen molar-refractivity contribution < 1.29 is 61.9 Å². The number of Topliss-reactive ketones (excluding diaryl/α,β-unsaturated/α-hetero) is 1.